The molecule has 1 N–H and O–H groups in total. The van der Waals surface area contributed by atoms with Gasteiger partial charge in [-0.15, -0.1) is 4.36 Å². The summed E-state index contributed by atoms with van der Waals surface area (Å²) in [6.07, 6.45) is 11.7. The van der Waals surface area contributed by atoms with E-state index in [9.17, 15) is 9.59 Å². The standard InChI is InChI=1S/C42H51ClN4O6S/c1-26-7-5-9-38(51-4)35-13-10-31(35)21-47-24-42(16-6-8-29-17-33(43)12-14-36(29)42)25-53-39-15-11-30(19-37(39)47)40(48)44-54(50,28(26)3)45-41(49)32-18-34-23-52-27(2)20-46(34)22-32/h5,9,11-12,14-15,17-19,22,26-28,31,35,38H,6-8,10,13,16,20-21,23-25H2,1-4H3,(H,44,45,48,49,50)/b9-5-/t26-,27-,28+,31?,35+,38-,42-,54?/m0/s1. The minimum absolute atomic E-state index is 0.0187. The van der Waals surface area contributed by atoms with Crippen LogP contribution < -0.4 is 14.4 Å². The zero-order valence-electron chi connectivity index (χ0n) is 31.6. The molecule has 3 aliphatic heterocycles. The fraction of sp³-hybridized carbons (Fsp3) is 0.524. The van der Waals surface area contributed by atoms with Crippen LogP contribution in [0.1, 0.15) is 90.4 Å². The number of halogens is 1. The molecular formula is C42H51ClN4O6S. The first-order valence-corrected chi connectivity index (χ1v) is 21.3. The van der Waals surface area contributed by atoms with Crippen LogP contribution in [0.4, 0.5) is 5.69 Å². The lowest BCUT2D eigenvalue weighted by Gasteiger charge is -2.46. The quantitative estimate of drug-likeness (QED) is 0.274. The Morgan fingerprint density at radius 2 is 1.96 bits per heavy atom. The number of carbonyl (C=O) groups is 2. The number of fused-ring (bicyclic) bond motifs is 5. The largest absolute Gasteiger partial charge is 0.490 e. The molecule has 1 saturated carbocycles. The number of amides is 2. The predicted molar refractivity (Wildman–Crippen MR) is 211 cm³/mol. The van der Waals surface area contributed by atoms with E-state index in [4.69, 9.17) is 25.8 Å². The van der Waals surface area contributed by atoms with Gasteiger partial charge in [-0.1, -0.05) is 36.7 Å². The Bertz CT molecular complexity index is 2110. The van der Waals surface area contributed by atoms with Crippen molar-refractivity contribution in [3.05, 3.63) is 93.8 Å². The lowest BCUT2D eigenvalue weighted by Crippen LogP contribution is -2.49. The number of aromatic nitrogens is 1. The summed E-state index contributed by atoms with van der Waals surface area (Å²) in [6, 6.07) is 13.4. The number of methoxy groups -OCH3 is 1. The number of hydrogen-bond acceptors (Lipinski definition) is 7. The van der Waals surface area contributed by atoms with Crippen molar-refractivity contribution >= 4 is 39.0 Å². The van der Waals surface area contributed by atoms with E-state index in [2.05, 4.69) is 38.3 Å². The topological polar surface area (TPSA) is 111 Å². The van der Waals surface area contributed by atoms with E-state index in [1.54, 1.807) is 32.4 Å². The third-order valence-electron chi connectivity index (χ3n) is 12.7. The Kier molecular flexibility index (Phi) is 10.2. The molecule has 8 atom stereocenters. The minimum atomic E-state index is -3.62. The van der Waals surface area contributed by atoms with Crippen molar-refractivity contribution in [1.29, 1.82) is 0 Å². The highest BCUT2D eigenvalue weighted by Gasteiger charge is 2.44. The maximum atomic E-state index is 15.0. The van der Waals surface area contributed by atoms with E-state index >= 15 is 4.21 Å². The average Bonchev–Trinajstić information content (AvgIpc) is 3.50. The summed E-state index contributed by atoms with van der Waals surface area (Å²) in [5.41, 5.74) is 4.62. The van der Waals surface area contributed by atoms with E-state index in [0.29, 0.717) is 61.4 Å². The van der Waals surface area contributed by atoms with E-state index in [0.717, 1.165) is 55.1 Å². The third-order valence-corrected chi connectivity index (χ3v) is 15.3. The molecule has 2 aromatic carbocycles. The first-order chi connectivity index (χ1) is 25.9. The van der Waals surface area contributed by atoms with Crippen molar-refractivity contribution in [3.63, 3.8) is 0 Å². The summed E-state index contributed by atoms with van der Waals surface area (Å²) in [7, 11) is -1.84. The molecule has 2 unspecified atom stereocenters. The minimum Gasteiger partial charge on any atom is -0.490 e. The van der Waals surface area contributed by atoms with Gasteiger partial charge in [0.15, 0.2) is 0 Å². The maximum absolute atomic E-state index is 15.0. The van der Waals surface area contributed by atoms with Gasteiger partial charge in [0.2, 0.25) is 0 Å². The van der Waals surface area contributed by atoms with Gasteiger partial charge in [0.25, 0.3) is 11.8 Å². The Labute approximate surface area is 323 Å². The van der Waals surface area contributed by atoms with Crippen molar-refractivity contribution in [1.82, 2.24) is 9.29 Å². The monoisotopic (exact) mass is 774 g/mol. The normalized spacial score (nSPS) is 32.8. The zero-order chi connectivity index (χ0) is 37.8. The van der Waals surface area contributed by atoms with Gasteiger partial charge in [-0.2, -0.15) is 0 Å². The number of carbonyl (C=O) groups excluding carboxylic acids is 2. The molecule has 54 heavy (non-hydrogen) atoms. The highest BCUT2D eigenvalue weighted by Crippen LogP contribution is 2.47. The van der Waals surface area contributed by atoms with Gasteiger partial charge in [-0.25, -0.2) is 4.21 Å². The van der Waals surface area contributed by atoms with E-state index in [1.165, 1.54) is 11.1 Å². The number of allylic oxidation sites excluding steroid dienone is 1. The van der Waals surface area contributed by atoms with Crippen molar-refractivity contribution in [2.45, 2.75) is 95.3 Å². The van der Waals surface area contributed by atoms with Crippen LogP contribution in [-0.2, 0) is 44.4 Å². The van der Waals surface area contributed by atoms with Crippen LogP contribution in [0.3, 0.4) is 0 Å². The van der Waals surface area contributed by atoms with Crippen LogP contribution in [0.15, 0.2) is 65.2 Å². The number of ether oxygens (including phenoxy) is 3. The van der Waals surface area contributed by atoms with Crippen molar-refractivity contribution in [3.8, 4) is 5.75 Å². The van der Waals surface area contributed by atoms with Crippen LogP contribution in [0.2, 0.25) is 5.02 Å². The summed E-state index contributed by atoms with van der Waals surface area (Å²) < 4.78 is 42.7. The molecule has 4 heterocycles. The van der Waals surface area contributed by atoms with E-state index < -0.39 is 27.0 Å². The van der Waals surface area contributed by atoms with Gasteiger partial charge < -0.3 is 23.7 Å². The number of rotatable bonds is 3. The number of hydrogen-bond donors (Lipinski definition) is 1. The van der Waals surface area contributed by atoms with Crippen molar-refractivity contribution in [2.24, 2.45) is 22.1 Å². The molecule has 0 radical (unpaired) electrons. The van der Waals surface area contributed by atoms with Gasteiger partial charge in [0, 0.05) is 54.6 Å². The van der Waals surface area contributed by atoms with Gasteiger partial charge in [-0.3, -0.25) is 14.3 Å². The Balaban J connectivity index is 1.20. The van der Waals surface area contributed by atoms with Gasteiger partial charge >= 0.3 is 0 Å². The fourth-order valence-corrected chi connectivity index (χ4v) is 11.3. The van der Waals surface area contributed by atoms with Gasteiger partial charge in [0.05, 0.1) is 41.9 Å². The molecule has 3 aromatic rings. The maximum Gasteiger partial charge on any atom is 0.286 e. The molecule has 1 fully saturated rings. The van der Waals surface area contributed by atoms with Crippen LogP contribution in [0, 0.1) is 17.8 Å². The second kappa shape index (κ2) is 14.8. The summed E-state index contributed by atoms with van der Waals surface area (Å²) >= 11 is 6.48. The lowest BCUT2D eigenvalue weighted by atomic mass is 9.68. The second-order valence-electron chi connectivity index (χ2n) is 16.2. The summed E-state index contributed by atoms with van der Waals surface area (Å²) in [6.45, 7) is 8.77. The van der Waals surface area contributed by atoms with Crippen molar-refractivity contribution < 1.29 is 28.0 Å². The first kappa shape index (κ1) is 37.3. The highest BCUT2D eigenvalue weighted by atomic mass is 35.5. The van der Waals surface area contributed by atoms with Gasteiger partial charge in [0.1, 0.15) is 15.7 Å². The molecule has 2 aliphatic carbocycles. The van der Waals surface area contributed by atoms with Crippen LogP contribution in [0.5, 0.6) is 5.75 Å². The summed E-state index contributed by atoms with van der Waals surface area (Å²) in [5.74, 6) is 0.0691. The van der Waals surface area contributed by atoms with E-state index in [-0.39, 0.29) is 23.5 Å². The number of anilines is 1. The lowest BCUT2D eigenvalue weighted by molar-refractivity contribution is 0.0131. The zero-order valence-corrected chi connectivity index (χ0v) is 33.2. The average molecular weight is 775 g/mol. The first-order valence-electron chi connectivity index (χ1n) is 19.4. The Hall–Kier alpha value is -3.64. The molecule has 2 amide bonds. The van der Waals surface area contributed by atoms with Gasteiger partial charge in [-0.05, 0) is 118 Å². The molecule has 12 heteroatoms. The number of benzene rings is 2. The molecule has 0 saturated heterocycles. The van der Waals surface area contributed by atoms with Crippen LogP contribution in [0.25, 0.3) is 0 Å². The van der Waals surface area contributed by atoms with E-state index in [1.807, 2.05) is 36.6 Å². The highest BCUT2D eigenvalue weighted by molar-refractivity contribution is 7.93. The second-order valence-corrected chi connectivity index (χ2v) is 18.9. The fourth-order valence-electron chi connectivity index (χ4n) is 9.21. The van der Waals surface area contributed by atoms with Crippen LogP contribution in [-0.4, -0.2) is 64.9 Å². The van der Waals surface area contributed by atoms with Crippen molar-refractivity contribution in [2.75, 3.05) is 31.7 Å². The SMILES string of the molecule is CO[C@H]1/C=C\C[C@H](C)[C@@H](C)S(=O)(NC(=O)c2cc3n(c2)C[C@H](C)OC3)=NC(=O)c2ccc3c(c2)N(CC2CC[C@H]21)C[C@@]1(CCCc2cc(Cl)ccc21)CO3. The number of nitrogens with zero attached hydrogens (tertiary/aromatic N) is 3. The Morgan fingerprint density at radius 1 is 1.11 bits per heavy atom. The molecule has 10 nitrogen and oxygen atoms in total. The molecule has 8 rings (SSSR count). The third kappa shape index (κ3) is 7.01. The summed E-state index contributed by atoms with van der Waals surface area (Å²) in [5, 5.41) is 0.0893. The summed E-state index contributed by atoms with van der Waals surface area (Å²) in [4.78, 5) is 30.5. The smallest absolute Gasteiger partial charge is 0.286 e. The Morgan fingerprint density at radius 3 is 2.76 bits per heavy atom. The van der Waals surface area contributed by atoms with Crippen LogP contribution >= 0.6 is 11.6 Å². The molecular weight excluding hydrogens is 724 g/mol. The molecule has 5 aliphatic rings. The molecule has 1 spiro atoms. The molecule has 1 aromatic heterocycles. The number of nitrogens with one attached hydrogen (secondary N) is 1. The predicted octanol–water partition coefficient (Wildman–Crippen LogP) is 7.51. The molecule has 288 valence electrons. The molecule has 2 bridgehead atoms. The number of aryl methyl sites for hydroxylation is 1.